The molecule has 2 nitrogen and oxygen atoms in total. The quantitative estimate of drug-likeness (QED) is 0.661. The molecule has 0 radical (unpaired) electrons. The maximum Gasteiger partial charge on any atom is 0.144 e. The smallest absolute Gasteiger partial charge is 0.144 e. The number of aromatic nitrogens is 1. The van der Waals surface area contributed by atoms with Crippen molar-refractivity contribution in [2.24, 2.45) is 0 Å². The van der Waals surface area contributed by atoms with Crippen LogP contribution in [-0.4, -0.2) is 9.19 Å². The van der Waals surface area contributed by atoms with Crippen LogP contribution in [-0.2, 0) is 16.6 Å². The largest absolute Gasteiger partial charge is 0.258 e. The molecule has 3 rings (SSSR count). The summed E-state index contributed by atoms with van der Waals surface area (Å²) in [7, 11) is -1.11. The summed E-state index contributed by atoms with van der Waals surface area (Å²) in [5.41, 5.74) is 3.79. The molecular weight excluding hydrogens is 334 g/mol. The first-order chi connectivity index (χ1) is 10.8. The third kappa shape index (κ3) is 3.46. The SMILES string of the molecule is O=[S@@](Cc1scnc1Cl)C(c1ccccc1)c1ccccc1. The Labute approximate surface area is 141 Å². The summed E-state index contributed by atoms with van der Waals surface area (Å²) in [5, 5.41) is 0.291. The zero-order valence-corrected chi connectivity index (χ0v) is 14.1. The van der Waals surface area contributed by atoms with Gasteiger partial charge in [-0.25, -0.2) is 4.98 Å². The van der Waals surface area contributed by atoms with E-state index in [1.54, 1.807) is 5.51 Å². The van der Waals surface area contributed by atoms with E-state index in [1.807, 2.05) is 60.7 Å². The second kappa shape index (κ2) is 7.18. The van der Waals surface area contributed by atoms with Crippen molar-refractivity contribution in [1.29, 1.82) is 0 Å². The monoisotopic (exact) mass is 347 g/mol. The number of nitrogens with zero attached hydrogens (tertiary/aromatic N) is 1. The van der Waals surface area contributed by atoms with Gasteiger partial charge in [-0.1, -0.05) is 72.3 Å². The lowest BCUT2D eigenvalue weighted by Gasteiger charge is -2.17. The van der Waals surface area contributed by atoms with Crippen molar-refractivity contribution in [3.05, 3.63) is 87.3 Å². The van der Waals surface area contributed by atoms with E-state index < -0.39 is 10.8 Å². The van der Waals surface area contributed by atoms with Gasteiger partial charge in [-0.3, -0.25) is 4.21 Å². The summed E-state index contributed by atoms with van der Waals surface area (Å²) in [6.07, 6.45) is 0. The minimum Gasteiger partial charge on any atom is -0.258 e. The van der Waals surface area contributed by atoms with Gasteiger partial charge in [0.1, 0.15) is 5.15 Å². The number of thiazole rings is 1. The van der Waals surface area contributed by atoms with Gasteiger partial charge in [0, 0.05) is 10.8 Å². The lowest BCUT2D eigenvalue weighted by Crippen LogP contribution is -2.10. The van der Waals surface area contributed by atoms with E-state index in [9.17, 15) is 4.21 Å². The Kier molecular flexibility index (Phi) is 5.03. The molecule has 3 aromatic rings. The average Bonchev–Trinajstić information content (AvgIpc) is 2.95. The van der Waals surface area contributed by atoms with E-state index in [0.717, 1.165) is 16.0 Å². The molecule has 0 spiro atoms. The van der Waals surface area contributed by atoms with E-state index in [4.69, 9.17) is 11.6 Å². The summed E-state index contributed by atoms with van der Waals surface area (Å²) in [6.45, 7) is 0. The van der Waals surface area contributed by atoms with Crippen LogP contribution in [0.2, 0.25) is 5.15 Å². The van der Waals surface area contributed by atoms with Crippen LogP contribution in [0.5, 0.6) is 0 Å². The fourth-order valence-corrected chi connectivity index (χ4v) is 5.24. The molecule has 0 unspecified atom stereocenters. The Bertz CT molecular complexity index is 719. The third-order valence-electron chi connectivity index (χ3n) is 3.33. The van der Waals surface area contributed by atoms with Crippen molar-refractivity contribution in [2.75, 3.05) is 0 Å². The van der Waals surface area contributed by atoms with Crippen LogP contribution < -0.4 is 0 Å². The highest BCUT2D eigenvalue weighted by atomic mass is 35.5. The summed E-state index contributed by atoms with van der Waals surface area (Å²) >= 11 is 7.49. The van der Waals surface area contributed by atoms with Gasteiger partial charge in [-0.15, -0.1) is 11.3 Å². The van der Waals surface area contributed by atoms with Crippen molar-refractivity contribution in [1.82, 2.24) is 4.98 Å². The zero-order chi connectivity index (χ0) is 15.4. The van der Waals surface area contributed by atoms with Crippen molar-refractivity contribution in [3.8, 4) is 0 Å². The van der Waals surface area contributed by atoms with E-state index in [1.165, 1.54) is 11.3 Å². The molecule has 112 valence electrons. The summed E-state index contributed by atoms with van der Waals surface area (Å²) in [4.78, 5) is 4.90. The lowest BCUT2D eigenvalue weighted by molar-refractivity contribution is 0.678. The minimum absolute atomic E-state index is 0.166. The van der Waals surface area contributed by atoms with E-state index in [0.29, 0.717) is 10.9 Å². The fraction of sp³-hybridized carbons (Fsp3) is 0.118. The van der Waals surface area contributed by atoms with Crippen molar-refractivity contribution >= 4 is 33.7 Å². The van der Waals surface area contributed by atoms with Gasteiger partial charge < -0.3 is 0 Å². The molecule has 0 aliphatic carbocycles. The van der Waals surface area contributed by atoms with Crippen LogP contribution in [0.4, 0.5) is 0 Å². The first kappa shape index (κ1) is 15.4. The van der Waals surface area contributed by atoms with E-state index in [2.05, 4.69) is 4.98 Å². The standard InChI is InChI=1S/C17H14ClNOS2/c18-17-15(21-12-19-17)11-22(20)16(13-7-3-1-4-8-13)14-9-5-2-6-10-14/h1-10,12,16H,11H2/t22-/m0/s1. The average molecular weight is 348 g/mol. The van der Waals surface area contributed by atoms with Crippen molar-refractivity contribution in [2.45, 2.75) is 11.0 Å². The third-order valence-corrected chi connectivity index (χ3v) is 6.43. The maximum atomic E-state index is 13.0. The molecule has 1 atom stereocenters. The number of rotatable bonds is 5. The molecule has 0 saturated carbocycles. The molecule has 0 aliphatic rings. The number of hydrogen-bond acceptors (Lipinski definition) is 3. The van der Waals surface area contributed by atoms with Crippen LogP contribution in [0.25, 0.3) is 0 Å². The minimum atomic E-state index is -1.11. The molecular formula is C17H14ClNOS2. The molecule has 0 saturated heterocycles. The van der Waals surface area contributed by atoms with Gasteiger partial charge in [0.15, 0.2) is 0 Å². The Morgan fingerprint density at radius 1 is 1.00 bits per heavy atom. The van der Waals surface area contributed by atoms with E-state index in [-0.39, 0.29) is 5.25 Å². The molecule has 0 amide bonds. The van der Waals surface area contributed by atoms with Gasteiger partial charge >= 0.3 is 0 Å². The van der Waals surface area contributed by atoms with Crippen LogP contribution >= 0.6 is 22.9 Å². The highest BCUT2D eigenvalue weighted by molar-refractivity contribution is 7.84. The predicted octanol–water partition coefficient (Wildman–Crippen LogP) is 4.83. The van der Waals surface area contributed by atoms with Gasteiger partial charge in [-0.05, 0) is 11.1 Å². The zero-order valence-electron chi connectivity index (χ0n) is 11.7. The Morgan fingerprint density at radius 2 is 1.55 bits per heavy atom. The van der Waals surface area contributed by atoms with Crippen LogP contribution in [0.15, 0.2) is 66.2 Å². The van der Waals surface area contributed by atoms with Gasteiger partial charge in [0.2, 0.25) is 0 Å². The molecule has 22 heavy (non-hydrogen) atoms. The molecule has 0 aliphatic heterocycles. The summed E-state index contributed by atoms with van der Waals surface area (Å²) in [5.74, 6) is 0.415. The molecule has 1 heterocycles. The lowest BCUT2D eigenvalue weighted by atomic mass is 10.0. The molecule has 5 heteroatoms. The van der Waals surface area contributed by atoms with Crippen molar-refractivity contribution in [3.63, 3.8) is 0 Å². The number of halogens is 1. The number of benzene rings is 2. The normalized spacial score (nSPS) is 12.5. The summed E-state index contributed by atoms with van der Waals surface area (Å²) in [6, 6.07) is 19.9. The van der Waals surface area contributed by atoms with Gasteiger partial charge in [0.25, 0.3) is 0 Å². The fourth-order valence-electron chi connectivity index (χ4n) is 2.31. The molecule has 1 aromatic heterocycles. The highest BCUT2D eigenvalue weighted by Gasteiger charge is 2.22. The predicted molar refractivity (Wildman–Crippen MR) is 93.7 cm³/mol. The Hall–Kier alpha value is -1.49. The van der Waals surface area contributed by atoms with Gasteiger partial charge in [0.05, 0.1) is 21.4 Å². The Balaban J connectivity index is 1.95. The molecule has 0 N–H and O–H groups in total. The van der Waals surface area contributed by atoms with Crippen LogP contribution in [0, 0.1) is 0 Å². The van der Waals surface area contributed by atoms with Crippen molar-refractivity contribution < 1.29 is 4.21 Å². The molecule has 2 aromatic carbocycles. The first-order valence-corrected chi connectivity index (χ1v) is 9.44. The maximum absolute atomic E-state index is 13.0. The number of hydrogen-bond donors (Lipinski definition) is 0. The molecule has 0 bridgehead atoms. The topological polar surface area (TPSA) is 30.0 Å². The van der Waals surface area contributed by atoms with Gasteiger partial charge in [-0.2, -0.15) is 0 Å². The summed E-state index contributed by atoms with van der Waals surface area (Å²) < 4.78 is 13.0. The first-order valence-electron chi connectivity index (χ1n) is 6.80. The molecule has 0 fully saturated rings. The van der Waals surface area contributed by atoms with Crippen LogP contribution in [0.3, 0.4) is 0 Å². The second-order valence-electron chi connectivity index (χ2n) is 4.79. The van der Waals surface area contributed by atoms with E-state index >= 15 is 0 Å². The Morgan fingerprint density at radius 3 is 2.00 bits per heavy atom. The highest BCUT2D eigenvalue weighted by Crippen LogP contribution is 2.31. The van der Waals surface area contributed by atoms with Crippen LogP contribution in [0.1, 0.15) is 21.3 Å². The second-order valence-corrected chi connectivity index (χ2v) is 7.61.